The monoisotopic (exact) mass is 475 g/mol. The van der Waals surface area contributed by atoms with Gasteiger partial charge in [0.25, 0.3) is 0 Å². The molecule has 34 heavy (non-hydrogen) atoms. The van der Waals surface area contributed by atoms with Crippen LogP contribution in [0.2, 0.25) is 5.02 Å². The summed E-state index contributed by atoms with van der Waals surface area (Å²) in [5, 5.41) is 3.57. The van der Waals surface area contributed by atoms with Gasteiger partial charge in [0.05, 0.1) is 0 Å². The lowest BCUT2D eigenvalue weighted by Gasteiger charge is -2.39. The first-order valence-corrected chi connectivity index (χ1v) is 12.0. The highest BCUT2D eigenvalue weighted by molar-refractivity contribution is 6.30. The van der Waals surface area contributed by atoms with Crippen LogP contribution in [0.3, 0.4) is 0 Å². The molecule has 1 fully saturated rings. The van der Waals surface area contributed by atoms with E-state index in [1.165, 1.54) is 11.6 Å². The molecule has 2 heterocycles. The third kappa shape index (κ3) is 4.72. The number of fused-ring (bicyclic) bond motifs is 2. The smallest absolute Gasteiger partial charge is 0.308 e. The Labute approximate surface area is 204 Å². The molecular formula is C28H27ClFN3O. The van der Waals surface area contributed by atoms with E-state index in [-0.39, 0.29) is 17.3 Å². The number of halogens is 2. The standard InChI is InChI=1S/C28H27ClFN3O/c29-22-8-11-24(12-9-22)31-27(34)33-20-28(25-19-23(30)10-13-26(25)33)14-17-32(18-15-28)16-4-7-21-5-2-1-3-6-21/h1-13,19H,14-18,20H2,(H,31,34). The third-order valence-corrected chi connectivity index (χ3v) is 7.16. The molecule has 0 radical (unpaired) electrons. The average molecular weight is 476 g/mol. The van der Waals surface area contributed by atoms with E-state index in [9.17, 15) is 9.18 Å². The van der Waals surface area contributed by atoms with Crippen LogP contribution in [0.4, 0.5) is 20.6 Å². The maximum Gasteiger partial charge on any atom is 0.326 e. The minimum Gasteiger partial charge on any atom is -0.308 e. The number of carbonyl (C=O) groups excluding carboxylic acids is 1. The maximum atomic E-state index is 14.3. The van der Waals surface area contributed by atoms with Crippen molar-refractivity contribution in [1.82, 2.24) is 4.90 Å². The first-order chi connectivity index (χ1) is 16.5. The zero-order valence-corrected chi connectivity index (χ0v) is 19.6. The number of carbonyl (C=O) groups is 1. The number of nitrogens with one attached hydrogen (secondary N) is 1. The Balaban J connectivity index is 1.29. The molecule has 6 heteroatoms. The molecule has 2 aliphatic rings. The molecule has 3 aromatic rings. The number of nitrogens with zero attached hydrogens (tertiary/aromatic N) is 2. The number of benzene rings is 3. The first kappa shape index (κ1) is 22.6. The molecule has 0 aromatic heterocycles. The Morgan fingerprint density at radius 2 is 1.76 bits per heavy atom. The summed E-state index contributed by atoms with van der Waals surface area (Å²) in [6.07, 6.45) is 6.11. The molecule has 0 atom stereocenters. The molecule has 2 amide bonds. The van der Waals surface area contributed by atoms with Gasteiger partial charge in [0, 0.05) is 34.9 Å². The Kier molecular flexibility index (Phi) is 6.40. The van der Waals surface area contributed by atoms with E-state index in [4.69, 9.17) is 11.6 Å². The van der Waals surface area contributed by atoms with E-state index in [1.807, 2.05) is 18.2 Å². The summed E-state index contributed by atoms with van der Waals surface area (Å²) < 4.78 is 14.3. The van der Waals surface area contributed by atoms with Gasteiger partial charge in [-0.3, -0.25) is 9.80 Å². The Morgan fingerprint density at radius 1 is 1.03 bits per heavy atom. The van der Waals surface area contributed by atoms with Crippen molar-refractivity contribution >= 4 is 35.1 Å². The van der Waals surface area contributed by atoms with Gasteiger partial charge in [0.15, 0.2) is 0 Å². The maximum absolute atomic E-state index is 14.3. The fraction of sp³-hybridized carbons (Fsp3) is 0.250. The van der Waals surface area contributed by atoms with Gasteiger partial charge in [-0.15, -0.1) is 0 Å². The molecule has 1 spiro atoms. The van der Waals surface area contributed by atoms with Crippen molar-refractivity contribution < 1.29 is 9.18 Å². The molecule has 0 bridgehead atoms. The van der Waals surface area contributed by atoms with Crippen molar-refractivity contribution in [3.05, 3.63) is 101 Å². The van der Waals surface area contributed by atoms with Gasteiger partial charge < -0.3 is 5.32 Å². The highest BCUT2D eigenvalue weighted by atomic mass is 35.5. The Bertz CT molecular complexity index is 1190. The zero-order chi connectivity index (χ0) is 23.5. The van der Waals surface area contributed by atoms with Crippen molar-refractivity contribution in [2.45, 2.75) is 18.3 Å². The lowest BCUT2D eigenvalue weighted by molar-refractivity contribution is 0.180. The van der Waals surface area contributed by atoms with Crippen molar-refractivity contribution in [1.29, 1.82) is 0 Å². The van der Waals surface area contributed by atoms with Crippen LogP contribution in [0.15, 0.2) is 78.9 Å². The third-order valence-electron chi connectivity index (χ3n) is 6.91. The molecule has 2 aliphatic heterocycles. The van der Waals surface area contributed by atoms with Gasteiger partial charge in [-0.2, -0.15) is 0 Å². The van der Waals surface area contributed by atoms with E-state index in [0.29, 0.717) is 17.3 Å². The number of hydrogen-bond donors (Lipinski definition) is 1. The molecule has 0 saturated carbocycles. The minimum absolute atomic E-state index is 0.208. The topological polar surface area (TPSA) is 35.6 Å². The quantitative estimate of drug-likeness (QED) is 0.462. The summed E-state index contributed by atoms with van der Waals surface area (Å²) in [7, 11) is 0. The molecule has 1 saturated heterocycles. The lowest BCUT2D eigenvalue weighted by Crippen LogP contribution is -2.46. The van der Waals surface area contributed by atoms with Gasteiger partial charge in [-0.25, -0.2) is 9.18 Å². The number of rotatable bonds is 4. The van der Waals surface area contributed by atoms with Crippen molar-refractivity contribution in [2.24, 2.45) is 0 Å². The molecule has 174 valence electrons. The van der Waals surface area contributed by atoms with E-state index >= 15 is 0 Å². The molecule has 4 nitrogen and oxygen atoms in total. The number of amides is 2. The van der Waals surface area contributed by atoms with Gasteiger partial charge in [0.1, 0.15) is 5.82 Å². The van der Waals surface area contributed by atoms with Gasteiger partial charge >= 0.3 is 6.03 Å². The van der Waals surface area contributed by atoms with Crippen molar-refractivity contribution in [2.75, 3.05) is 36.4 Å². The van der Waals surface area contributed by atoms with Crippen LogP contribution < -0.4 is 10.2 Å². The van der Waals surface area contributed by atoms with E-state index in [0.717, 1.165) is 43.7 Å². The summed E-state index contributed by atoms with van der Waals surface area (Å²) >= 11 is 5.96. The van der Waals surface area contributed by atoms with Crippen LogP contribution in [0.25, 0.3) is 6.08 Å². The van der Waals surface area contributed by atoms with Gasteiger partial charge in [-0.1, -0.05) is 54.1 Å². The van der Waals surface area contributed by atoms with Crippen molar-refractivity contribution in [3.63, 3.8) is 0 Å². The Hall–Kier alpha value is -3.15. The number of hydrogen-bond acceptors (Lipinski definition) is 2. The second-order valence-electron chi connectivity index (χ2n) is 9.08. The van der Waals surface area contributed by atoms with E-state index in [2.05, 4.69) is 34.5 Å². The normalized spacial score (nSPS) is 17.3. The molecule has 0 unspecified atom stereocenters. The van der Waals surface area contributed by atoms with Gasteiger partial charge in [-0.05, 0) is 79.5 Å². The minimum atomic E-state index is -0.258. The van der Waals surface area contributed by atoms with Crippen molar-refractivity contribution in [3.8, 4) is 0 Å². The van der Waals surface area contributed by atoms with Crippen LogP contribution in [-0.4, -0.2) is 37.1 Å². The number of piperidine rings is 1. The number of urea groups is 1. The predicted molar refractivity (Wildman–Crippen MR) is 137 cm³/mol. The van der Waals surface area contributed by atoms with Crippen LogP contribution in [0, 0.1) is 5.82 Å². The second-order valence-corrected chi connectivity index (χ2v) is 9.52. The SMILES string of the molecule is O=C(Nc1ccc(Cl)cc1)N1CC2(CCN(CC=Cc3ccccc3)CC2)c2cc(F)ccc21. The molecule has 5 rings (SSSR count). The number of anilines is 2. The molecule has 1 N–H and O–H groups in total. The van der Waals surface area contributed by atoms with E-state index in [1.54, 1.807) is 41.3 Å². The van der Waals surface area contributed by atoms with Crippen LogP contribution in [-0.2, 0) is 5.41 Å². The van der Waals surface area contributed by atoms with Crippen LogP contribution in [0.5, 0.6) is 0 Å². The predicted octanol–water partition coefficient (Wildman–Crippen LogP) is 6.58. The summed E-state index contributed by atoms with van der Waals surface area (Å²) in [4.78, 5) is 17.4. The second kappa shape index (κ2) is 9.61. The first-order valence-electron chi connectivity index (χ1n) is 11.6. The van der Waals surface area contributed by atoms with Gasteiger partial charge in [0.2, 0.25) is 0 Å². The molecular weight excluding hydrogens is 449 g/mol. The van der Waals surface area contributed by atoms with Crippen LogP contribution in [0.1, 0.15) is 24.0 Å². The summed E-state index contributed by atoms with van der Waals surface area (Å²) in [5.74, 6) is -0.258. The summed E-state index contributed by atoms with van der Waals surface area (Å²) in [6, 6.07) is 21.9. The molecule has 3 aromatic carbocycles. The highest BCUT2D eigenvalue weighted by Gasteiger charge is 2.46. The van der Waals surface area contributed by atoms with Crippen LogP contribution >= 0.6 is 11.6 Å². The summed E-state index contributed by atoms with van der Waals surface area (Å²) in [5.41, 5.74) is 3.38. The highest BCUT2D eigenvalue weighted by Crippen LogP contribution is 2.47. The summed E-state index contributed by atoms with van der Waals surface area (Å²) in [6.45, 7) is 3.24. The zero-order valence-electron chi connectivity index (χ0n) is 18.9. The fourth-order valence-corrected chi connectivity index (χ4v) is 5.17. The largest absolute Gasteiger partial charge is 0.326 e. The average Bonchev–Trinajstić information content (AvgIpc) is 3.16. The Morgan fingerprint density at radius 3 is 2.50 bits per heavy atom. The molecule has 0 aliphatic carbocycles. The lowest BCUT2D eigenvalue weighted by atomic mass is 9.74. The van der Waals surface area contributed by atoms with E-state index < -0.39 is 0 Å². The number of likely N-dealkylation sites (tertiary alicyclic amines) is 1. The fourth-order valence-electron chi connectivity index (χ4n) is 5.04.